The Labute approximate surface area is 111 Å². The van der Waals surface area contributed by atoms with Crippen LogP contribution in [-0.4, -0.2) is 11.1 Å². The molecule has 3 nitrogen and oxygen atoms in total. The van der Waals surface area contributed by atoms with E-state index < -0.39 is 5.60 Å². The van der Waals surface area contributed by atoms with Crippen LogP contribution in [0.25, 0.3) is 11.0 Å². The number of furan rings is 1. The quantitative estimate of drug-likeness (QED) is 0.833. The molecule has 4 heteroatoms. The number of fused-ring (bicyclic) bond motifs is 1. The molecule has 0 aliphatic heterocycles. The van der Waals surface area contributed by atoms with Crippen molar-refractivity contribution in [3.05, 3.63) is 35.0 Å². The molecule has 1 aromatic carbocycles. The number of hydrogen-bond acceptors (Lipinski definition) is 3. The third kappa shape index (κ3) is 2.03. The van der Waals surface area contributed by atoms with Crippen LogP contribution in [0, 0.1) is 0 Å². The van der Waals surface area contributed by atoms with Crippen molar-refractivity contribution in [3.8, 4) is 0 Å². The maximum absolute atomic E-state index is 10.7. The SMILES string of the molecule is NC1CCCC(O)(c2cc3cc(Cl)ccc3o2)C1. The van der Waals surface area contributed by atoms with Gasteiger partial charge in [-0.2, -0.15) is 0 Å². The second-order valence-corrected chi connectivity index (χ2v) is 5.62. The number of benzene rings is 1. The van der Waals surface area contributed by atoms with Gasteiger partial charge < -0.3 is 15.3 Å². The van der Waals surface area contributed by atoms with Gasteiger partial charge in [0.05, 0.1) is 0 Å². The summed E-state index contributed by atoms with van der Waals surface area (Å²) in [5.41, 5.74) is 5.77. The first-order valence-corrected chi connectivity index (χ1v) is 6.62. The second kappa shape index (κ2) is 4.26. The van der Waals surface area contributed by atoms with Crippen molar-refractivity contribution in [1.29, 1.82) is 0 Å². The van der Waals surface area contributed by atoms with Gasteiger partial charge in [-0.05, 0) is 49.9 Å². The molecule has 0 saturated heterocycles. The summed E-state index contributed by atoms with van der Waals surface area (Å²) in [4.78, 5) is 0. The normalized spacial score (nSPS) is 28.7. The molecule has 96 valence electrons. The third-order valence-electron chi connectivity index (χ3n) is 3.70. The maximum Gasteiger partial charge on any atom is 0.136 e. The highest BCUT2D eigenvalue weighted by molar-refractivity contribution is 6.31. The van der Waals surface area contributed by atoms with Crippen molar-refractivity contribution in [2.75, 3.05) is 0 Å². The topological polar surface area (TPSA) is 59.4 Å². The molecule has 0 amide bonds. The Hall–Kier alpha value is -1.03. The Bertz CT molecular complexity index is 580. The lowest BCUT2D eigenvalue weighted by molar-refractivity contribution is -0.0246. The highest BCUT2D eigenvalue weighted by Gasteiger charge is 2.37. The first kappa shape index (κ1) is 12.0. The number of nitrogens with two attached hydrogens (primary N) is 1. The molecule has 2 atom stereocenters. The predicted molar refractivity (Wildman–Crippen MR) is 71.6 cm³/mol. The third-order valence-corrected chi connectivity index (χ3v) is 3.94. The van der Waals surface area contributed by atoms with Gasteiger partial charge in [0.25, 0.3) is 0 Å². The van der Waals surface area contributed by atoms with Crippen molar-refractivity contribution >= 4 is 22.6 Å². The van der Waals surface area contributed by atoms with Gasteiger partial charge in [-0.15, -0.1) is 0 Å². The standard InChI is InChI=1S/C14H16ClNO2/c15-10-3-4-12-9(6-10)7-13(18-12)14(17)5-1-2-11(16)8-14/h3-4,6-7,11,17H,1-2,5,8,16H2. The Balaban J connectivity index is 2.03. The van der Waals surface area contributed by atoms with E-state index in [0.717, 1.165) is 23.8 Å². The Morgan fingerprint density at radius 3 is 3.00 bits per heavy atom. The number of halogens is 1. The molecular weight excluding hydrogens is 250 g/mol. The fourth-order valence-corrected chi connectivity index (χ4v) is 2.94. The number of aliphatic hydroxyl groups is 1. The van der Waals surface area contributed by atoms with Gasteiger partial charge in [0.1, 0.15) is 16.9 Å². The van der Waals surface area contributed by atoms with E-state index in [1.165, 1.54) is 0 Å². The summed E-state index contributed by atoms with van der Waals surface area (Å²) in [6.45, 7) is 0. The van der Waals surface area contributed by atoms with Crippen LogP contribution >= 0.6 is 11.6 Å². The highest BCUT2D eigenvalue weighted by Crippen LogP contribution is 2.39. The highest BCUT2D eigenvalue weighted by atomic mass is 35.5. The summed E-state index contributed by atoms with van der Waals surface area (Å²) >= 11 is 5.95. The summed E-state index contributed by atoms with van der Waals surface area (Å²) in [6, 6.07) is 7.37. The van der Waals surface area contributed by atoms with Crippen molar-refractivity contribution in [2.45, 2.75) is 37.3 Å². The Morgan fingerprint density at radius 2 is 2.22 bits per heavy atom. The van der Waals surface area contributed by atoms with Crippen LogP contribution < -0.4 is 5.73 Å². The maximum atomic E-state index is 10.7. The molecule has 0 spiro atoms. The molecule has 18 heavy (non-hydrogen) atoms. The van der Waals surface area contributed by atoms with E-state index in [-0.39, 0.29) is 6.04 Å². The lowest BCUT2D eigenvalue weighted by Gasteiger charge is -2.33. The molecule has 3 N–H and O–H groups in total. The molecule has 1 aliphatic carbocycles. The second-order valence-electron chi connectivity index (χ2n) is 5.18. The van der Waals surface area contributed by atoms with Gasteiger partial charge in [-0.25, -0.2) is 0 Å². The van der Waals surface area contributed by atoms with E-state index in [1.54, 1.807) is 6.07 Å². The Kier molecular flexibility index (Phi) is 2.85. The molecule has 2 aromatic rings. The van der Waals surface area contributed by atoms with Gasteiger partial charge >= 0.3 is 0 Å². The van der Waals surface area contributed by atoms with Gasteiger partial charge in [0.15, 0.2) is 0 Å². The molecular formula is C14H16ClNO2. The van der Waals surface area contributed by atoms with Crippen LogP contribution in [-0.2, 0) is 5.60 Å². The van der Waals surface area contributed by atoms with Gasteiger partial charge in [-0.1, -0.05) is 11.6 Å². The summed E-state index contributed by atoms with van der Waals surface area (Å²) in [7, 11) is 0. The smallest absolute Gasteiger partial charge is 0.136 e. The summed E-state index contributed by atoms with van der Waals surface area (Å²) in [5.74, 6) is 0.606. The largest absolute Gasteiger partial charge is 0.458 e. The minimum Gasteiger partial charge on any atom is -0.458 e. The first-order valence-electron chi connectivity index (χ1n) is 6.24. The zero-order valence-electron chi connectivity index (χ0n) is 10.0. The Morgan fingerprint density at radius 1 is 1.39 bits per heavy atom. The van der Waals surface area contributed by atoms with Crippen molar-refractivity contribution in [3.63, 3.8) is 0 Å². The van der Waals surface area contributed by atoms with E-state index in [1.807, 2.05) is 18.2 Å². The minimum atomic E-state index is -0.927. The number of rotatable bonds is 1. The van der Waals surface area contributed by atoms with Crippen LogP contribution in [0.4, 0.5) is 0 Å². The predicted octanol–water partition coefficient (Wildman–Crippen LogP) is 3.18. The zero-order chi connectivity index (χ0) is 12.8. The van der Waals surface area contributed by atoms with Crippen LogP contribution in [0.1, 0.15) is 31.4 Å². The van der Waals surface area contributed by atoms with Gasteiger partial charge in [0.2, 0.25) is 0 Å². The van der Waals surface area contributed by atoms with Crippen molar-refractivity contribution in [1.82, 2.24) is 0 Å². The summed E-state index contributed by atoms with van der Waals surface area (Å²) in [6.07, 6.45) is 3.15. The van der Waals surface area contributed by atoms with Crippen LogP contribution in [0.15, 0.2) is 28.7 Å². The van der Waals surface area contributed by atoms with Crippen LogP contribution in [0.2, 0.25) is 5.02 Å². The molecule has 1 aromatic heterocycles. The lowest BCUT2D eigenvalue weighted by atomic mass is 9.80. The van der Waals surface area contributed by atoms with Gasteiger partial charge in [-0.3, -0.25) is 0 Å². The fourth-order valence-electron chi connectivity index (χ4n) is 2.76. The van der Waals surface area contributed by atoms with E-state index in [4.69, 9.17) is 21.8 Å². The monoisotopic (exact) mass is 265 g/mol. The molecule has 2 unspecified atom stereocenters. The minimum absolute atomic E-state index is 0.0422. The molecule has 1 aliphatic rings. The molecule has 1 heterocycles. The van der Waals surface area contributed by atoms with E-state index in [9.17, 15) is 5.11 Å². The fraction of sp³-hybridized carbons (Fsp3) is 0.429. The molecule has 3 rings (SSSR count). The van der Waals surface area contributed by atoms with Crippen LogP contribution in [0.3, 0.4) is 0 Å². The first-order chi connectivity index (χ1) is 8.57. The van der Waals surface area contributed by atoms with Crippen LogP contribution in [0.5, 0.6) is 0 Å². The average Bonchev–Trinajstić information content (AvgIpc) is 2.72. The summed E-state index contributed by atoms with van der Waals surface area (Å²) in [5, 5.41) is 12.3. The molecule has 0 bridgehead atoms. The van der Waals surface area contributed by atoms with E-state index >= 15 is 0 Å². The molecule has 1 saturated carbocycles. The molecule has 0 radical (unpaired) electrons. The average molecular weight is 266 g/mol. The summed E-state index contributed by atoms with van der Waals surface area (Å²) < 4.78 is 5.75. The van der Waals surface area contributed by atoms with Crippen molar-refractivity contribution < 1.29 is 9.52 Å². The lowest BCUT2D eigenvalue weighted by Crippen LogP contribution is -2.38. The van der Waals surface area contributed by atoms with E-state index in [0.29, 0.717) is 23.6 Å². The van der Waals surface area contributed by atoms with Gasteiger partial charge in [0, 0.05) is 16.5 Å². The van der Waals surface area contributed by atoms with E-state index in [2.05, 4.69) is 0 Å². The van der Waals surface area contributed by atoms with Crippen molar-refractivity contribution in [2.24, 2.45) is 5.73 Å². The number of hydrogen-bond donors (Lipinski definition) is 2. The molecule has 1 fully saturated rings. The zero-order valence-corrected chi connectivity index (χ0v) is 10.8.